The van der Waals surface area contributed by atoms with Crippen LogP contribution < -0.4 is 4.90 Å². The van der Waals surface area contributed by atoms with Gasteiger partial charge in [-0.15, -0.1) is 34.0 Å². The van der Waals surface area contributed by atoms with Gasteiger partial charge in [0.05, 0.1) is 16.6 Å². The number of halogens is 1. The van der Waals surface area contributed by atoms with Crippen LogP contribution in [-0.2, 0) is 6.42 Å². The van der Waals surface area contributed by atoms with Gasteiger partial charge in [0.15, 0.2) is 0 Å². The van der Waals surface area contributed by atoms with E-state index < -0.39 is 0 Å². The van der Waals surface area contributed by atoms with Gasteiger partial charge in [-0.25, -0.2) is 4.39 Å². The third-order valence-electron chi connectivity index (χ3n) is 8.95. The highest BCUT2D eigenvalue weighted by atomic mass is 32.1. The van der Waals surface area contributed by atoms with E-state index in [0.717, 1.165) is 61.2 Å². The van der Waals surface area contributed by atoms with Gasteiger partial charge >= 0.3 is 0 Å². The number of aromatic nitrogens is 3. The molecule has 0 N–H and O–H groups in total. The lowest BCUT2D eigenvalue weighted by Gasteiger charge is -2.14. The summed E-state index contributed by atoms with van der Waals surface area (Å²) in [4.78, 5) is 11.3. The van der Waals surface area contributed by atoms with E-state index in [1.54, 1.807) is 40.1 Å². The Morgan fingerprint density at radius 3 is 2.19 bits per heavy atom. The van der Waals surface area contributed by atoms with Crippen molar-refractivity contribution in [3.63, 3.8) is 0 Å². The first-order valence-electron chi connectivity index (χ1n) is 16.2. The Labute approximate surface area is 291 Å². The van der Waals surface area contributed by atoms with E-state index in [1.807, 2.05) is 18.3 Å². The normalized spacial score (nSPS) is 12.4. The molecule has 47 heavy (non-hydrogen) atoms. The van der Waals surface area contributed by atoms with Crippen LogP contribution in [0.2, 0.25) is 0 Å². The van der Waals surface area contributed by atoms with E-state index in [4.69, 9.17) is 9.36 Å². The summed E-state index contributed by atoms with van der Waals surface area (Å²) in [6.45, 7) is 4.51. The highest BCUT2D eigenvalue weighted by molar-refractivity contribution is 7.31. The number of fused-ring (bicyclic) bond motifs is 2. The van der Waals surface area contributed by atoms with E-state index in [9.17, 15) is 0 Å². The average molecular weight is 697 g/mol. The summed E-state index contributed by atoms with van der Waals surface area (Å²) in [7, 11) is 4.12. The fraction of sp³-hybridized carbons (Fsp3) is 0.289. The zero-order chi connectivity index (χ0) is 32.5. The van der Waals surface area contributed by atoms with E-state index in [1.165, 1.54) is 62.9 Å². The van der Waals surface area contributed by atoms with E-state index >= 15 is 4.39 Å². The SMILES string of the molecule is CCCCC(CC)CCc1ccc(-c2ccc(-c3cnc(-c4cc5sc(-c6ccc(N(C)C)cc6)cc5s4)c4nsnc34)s2)c(F)c1. The van der Waals surface area contributed by atoms with Crippen molar-refractivity contribution >= 4 is 71.9 Å². The van der Waals surface area contributed by atoms with Crippen molar-refractivity contribution in [2.75, 3.05) is 19.0 Å². The quantitative estimate of drug-likeness (QED) is 0.128. The molecule has 0 radical (unpaired) electrons. The summed E-state index contributed by atoms with van der Waals surface area (Å²) in [5, 5.41) is 0. The van der Waals surface area contributed by atoms with Crippen molar-refractivity contribution in [1.82, 2.24) is 13.7 Å². The lowest BCUT2D eigenvalue weighted by atomic mass is 9.92. The average Bonchev–Trinajstić information content (AvgIpc) is 3.89. The molecule has 0 aliphatic rings. The predicted molar refractivity (Wildman–Crippen MR) is 204 cm³/mol. The molecule has 7 aromatic rings. The second-order valence-electron chi connectivity index (χ2n) is 12.3. The van der Waals surface area contributed by atoms with Crippen LogP contribution in [0.25, 0.3) is 62.3 Å². The fourth-order valence-corrected chi connectivity index (χ4v) is 10.1. The number of hydrogen-bond acceptors (Lipinski definition) is 8. The van der Waals surface area contributed by atoms with Crippen LogP contribution in [0, 0.1) is 11.7 Å². The van der Waals surface area contributed by atoms with Crippen LogP contribution >= 0.6 is 45.7 Å². The first-order valence-corrected chi connectivity index (χ1v) is 19.4. The number of anilines is 1. The maximum absolute atomic E-state index is 15.4. The van der Waals surface area contributed by atoms with Gasteiger partial charge < -0.3 is 4.90 Å². The minimum absolute atomic E-state index is 0.155. The summed E-state index contributed by atoms with van der Waals surface area (Å²) < 4.78 is 27.3. The summed E-state index contributed by atoms with van der Waals surface area (Å²) >= 11 is 6.33. The lowest BCUT2D eigenvalue weighted by Crippen LogP contribution is -2.07. The molecule has 5 aromatic heterocycles. The Morgan fingerprint density at radius 2 is 1.47 bits per heavy atom. The minimum atomic E-state index is -0.155. The summed E-state index contributed by atoms with van der Waals surface area (Å²) in [6, 6.07) is 23.0. The van der Waals surface area contributed by atoms with Crippen molar-refractivity contribution in [3.8, 4) is 41.9 Å². The molecule has 0 bridgehead atoms. The van der Waals surface area contributed by atoms with Crippen molar-refractivity contribution in [2.45, 2.75) is 52.4 Å². The van der Waals surface area contributed by atoms with Crippen molar-refractivity contribution < 1.29 is 4.39 Å². The molecule has 0 aliphatic carbocycles. The molecule has 5 heterocycles. The lowest BCUT2D eigenvalue weighted by molar-refractivity contribution is 0.421. The second kappa shape index (κ2) is 13.9. The van der Waals surface area contributed by atoms with Crippen LogP contribution in [0.3, 0.4) is 0 Å². The van der Waals surface area contributed by atoms with Gasteiger partial charge in [-0.1, -0.05) is 63.8 Å². The highest BCUT2D eigenvalue weighted by Gasteiger charge is 2.20. The number of benzene rings is 2. The second-order valence-corrected chi connectivity index (χ2v) is 16.1. The summed E-state index contributed by atoms with van der Waals surface area (Å²) in [6.07, 6.45) is 8.91. The molecule has 0 saturated heterocycles. The van der Waals surface area contributed by atoms with Gasteiger partial charge in [-0.2, -0.15) is 8.75 Å². The zero-order valence-corrected chi connectivity index (χ0v) is 30.3. The number of aryl methyl sites for hydroxylation is 1. The first-order chi connectivity index (χ1) is 22.9. The van der Waals surface area contributed by atoms with Crippen LogP contribution in [0.4, 0.5) is 10.1 Å². The van der Waals surface area contributed by atoms with Gasteiger partial charge in [-0.3, -0.25) is 4.98 Å². The maximum atomic E-state index is 15.4. The van der Waals surface area contributed by atoms with Crippen molar-refractivity contribution in [3.05, 3.63) is 84.3 Å². The van der Waals surface area contributed by atoms with Gasteiger partial charge in [0.2, 0.25) is 0 Å². The number of pyridine rings is 1. The summed E-state index contributed by atoms with van der Waals surface area (Å²) in [5.41, 5.74) is 7.60. The zero-order valence-electron chi connectivity index (χ0n) is 27.0. The molecule has 240 valence electrons. The molecule has 9 heteroatoms. The molecule has 2 aromatic carbocycles. The Hall–Kier alpha value is -3.50. The third-order valence-corrected chi connectivity index (χ3v) is 13.0. The molecule has 4 nitrogen and oxygen atoms in total. The maximum Gasteiger partial charge on any atom is 0.132 e. The Bertz CT molecular complexity index is 2100. The highest BCUT2D eigenvalue weighted by Crippen LogP contribution is 2.44. The minimum Gasteiger partial charge on any atom is -0.378 e. The van der Waals surface area contributed by atoms with Crippen LogP contribution in [-0.4, -0.2) is 27.8 Å². The molecule has 1 atom stereocenters. The van der Waals surface area contributed by atoms with Crippen LogP contribution in [0.15, 0.2) is 72.9 Å². The van der Waals surface area contributed by atoms with Gasteiger partial charge in [0.25, 0.3) is 0 Å². The topological polar surface area (TPSA) is 41.9 Å². The number of thiophene rings is 3. The number of unbranched alkanes of at least 4 members (excludes halogenated alkanes) is 1. The molecule has 0 amide bonds. The van der Waals surface area contributed by atoms with Gasteiger partial charge in [0.1, 0.15) is 22.5 Å². The predicted octanol–water partition coefficient (Wildman–Crippen LogP) is 12.4. The van der Waals surface area contributed by atoms with Gasteiger partial charge in [0, 0.05) is 61.1 Å². The largest absolute Gasteiger partial charge is 0.378 e. The molecule has 0 aliphatic heterocycles. The molecule has 7 rings (SSSR count). The van der Waals surface area contributed by atoms with Crippen LogP contribution in [0.5, 0.6) is 0 Å². The molecular weight excluding hydrogens is 660 g/mol. The summed E-state index contributed by atoms with van der Waals surface area (Å²) in [5.74, 6) is 0.563. The van der Waals surface area contributed by atoms with E-state index in [0.29, 0.717) is 5.56 Å². The van der Waals surface area contributed by atoms with E-state index in [-0.39, 0.29) is 5.82 Å². The number of nitrogens with zero attached hydrogens (tertiary/aromatic N) is 4. The monoisotopic (exact) mass is 696 g/mol. The smallest absolute Gasteiger partial charge is 0.132 e. The number of rotatable bonds is 12. The molecule has 1 unspecified atom stereocenters. The van der Waals surface area contributed by atoms with Crippen LogP contribution in [0.1, 0.15) is 51.5 Å². The number of hydrogen-bond donors (Lipinski definition) is 0. The molecule has 0 spiro atoms. The Morgan fingerprint density at radius 1 is 0.745 bits per heavy atom. The van der Waals surface area contributed by atoms with Gasteiger partial charge in [-0.05, 0) is 72.4 Å². The fourth-order valence-electron chi connectivity index (χ4n) is 6.11. The van der Waals surface area contributed by atoms with Crippen molar-refractivity contribution in [2.24, 2.45) is 5.92 Å². The third kappa shape index (κ3) is 6.64. The standard InChI is InChI=1S/C38H37FN4S4/c1-5-7-8-23(6-2)9-10-24-11-16-27(29(39)19-24)30-17-18-31(44-30)28-22-40-37(38-36(28)41-47-42-38)35-21-34-33(46-35)20-32(45-34)25-12-14-26(15-13-25)43(3)4/h11-23H,5-10H2,1-4H3. The molecular formula is C38H37FN4S4. The molecule has 0 fully saturated rings. The molecule has 0 saturated carbocycles. The van der Waals surface area contributed by atoms with E-state index in [2.05, 4.69) is 85.7 Å². The van der Waals surface area contributed by atoms with Crippen molar-refractivity contribution in [1.29, 1.82) is 0 Å². The Balaban J connectivity index is 1.11. The Kier molecular flexibility index (Phi) is 9.50. The first kappa shape index (κ1) is 32.1.